The van der Waals surface area contributed by atoms with Crippen LogP contribution in [0.5, 0.6) is 0 Å². The number of hydrogen-bond acceptors (Lipinski definition) is 5. The Bertz CT molecular complexity index is 485. The average molecular weight is 296 g/mol. The first kappa shape index (κ1) is 15.4. The van der Waals surface area contributed by atoms with Gasteiger partial charge in [0, 0.05) is 6.42 Å². The molecule has 1 N–H and O–H groups in total. The smallest absolute Gasteiger partial charge is 0.428 e. The van der Waals surface area contributed by atoms with Gasteiger partial charge in [-0.25, -0.2) is 9.78 Å². The Morgan fingerprint density at radius 2 is 2.00 bits per heavy atom. The highest BCUT2D eigenvalue weighted by molar-refractivity contribution is 7.16. The van der Waals surface area contributed by atoms with Crippen LogP contribution in [0.2, 0.25) is 0 Å². The van der Waals surface area contributed by atoms with Gasteiger partial charge in [0.25, 0.3) is 0 Å². The number of hydrogen-bond donors (Lipinski definition) is 1. The van der Waals surface area contributed by atoms with Crippen molar-refractivity contribution in [1.29, 1.82) is 0 Å². The summed E-state index contributed by atoms with van der Waals surface area (Å²) in [7, 11) is 0. The van der Waals surface area contributed by atoms with Gasteiger partial charge in [-0.15, -0.1) is 0 Å². The fourth-order valence-electron chi connectivity index (χ4n) is 1.11. The minimum absolute atomic E-state index is 0.0652. The van der Waals surface area contributed by atoms with Crippen molar-refractivity contribution in [2.75, 3.05) is 11.9 Å². The number of rotatable bonds is 4. The lowest BCUT2D eigenvalue weighted by Gasteiger charge is -2.04. The van der Waals surface area contributed by atoms with Crippen LogP contribution in [0.15, 0.2) is 0 Å². The summed E-state index contributed by atoms with van der Waals surface area (Å²) < 4.78 is 42.7. The Labute approximate surface area is 110 Å². The number of halogens is 3. The largest absolute Gasteiger partial charge is 0.461 e. The predicted molar refractivity (Wildman–Crippen MR) is 62.0 cm³/mol. The van der Waals surface area contributed by atoms with Crippen molar-refractivity contribution >= 4 is 28.3 Å². The molecule has 0 aliphatic carbocycles. The van der Waals surface area contributed by atoms with Crippen molar-refractivity contribution in [1.82, 2.24) is 4.98 Å². The Hall–Kier alpha value is -1.64. The van der Waals surface area contributed by atoms with Gasteiger partial charge in [0.15, 0.2) is 10.8 Å². The molecule has 106 valence electrons. The van der Waals surface area contributed by atoms with Crippen LogP contribution in [0.3, 0.4) is 0 Å². The normalized spacial score (nSPS) is 11.2. The predicted octanol–water partition coefficient (Wildman–Crippen LogP) is 2.69. The molecule has 0 spiro atoms. The van der Waals surface area contributed by atoms with E-state index in [4.69, 9.17) is 0 Å². The number of carbonyl (C=O) groups is 2. The second-order valence-electron chi connectivity index (χ2n) is 3.32. The van der Waals surface area contributed by atoms with Crippen LogP contribution in [0, 0.1) is 0 Å². The molecule has 1 aromatic heterocycles. The zero-order valence-electron chi connectivity index (χ0n) is 10.1. The van der Waals surface area contributed by atoms with Crippen molar-refractivity contribution in [2.24, 2.45) is 0 Å². The minimum atomic E-state index is -4.73. The number of nitrogens with one attached hydrogen (secondary N) is 1. The molecule has 1 heterocycles. The van der Waals surface area contributed by atoms with Gasteiger partial charge in [0.05, 0.1) is 6.61 Å². The SMILES string of the molecule is CCOC(=O)c1nc(NC(=O)CC)sc1C(F)(F)F. The highest BCUT2D eigenvalue weighted by atomic mass is 32.1. The Kier molecular flexibility index (Phi) is 4.87. The number of alkyl halides is 3. The van der Waals surface area contributed by atoms with Crippen LogP contribution < -0.4 is 5.32 Å². The van der Waals surface area contributed by atoms with Crippen molar-refractivity contribution < 1.29 is 27.5 Å². The fraction of sp³-hybridized carbons (Fsp3) is 0.500. The third kappa shape index (κ3) is 3.91. The molecule has 1 rings (SSSR count). The van der Waals surface area contributed by atoms with Crippen molar-refractivity contribution in [3.05, 3.63) is 10.6 Å². The molecule has 0 aromatic carbocycles. The molecule has 1 aromatic rings. The van der Waals surface area contributed by atoms with Crippen LogP contribution in [0.4, 0.5) is 18.3 Å². The van der Waals surface area contributed by atoms with E-state index in [0.29, 0.717) is 0 Å². The highest BCUT2D eigenvalue weighted by Crippen LogP contribution is 2.38. The number of esters is 1. The quantitative estimate of drug-likeness (QED) is 0.867. The van der Waals surface area contributed by atoms with E-state index in [-0.39, 0.29) is 29.5 Å². The molecule has 0 aliphatic rings. The van der Waals surface area contributed by atoms with Gasteiger partial charge in [-0.3, -0.25) is 4.79 Å². The Morgan fingerprint density at radius 1 is 1.37 bits per heavy atom. The Balaban J connectivity index is 3.13. The molecule has 0 radical (unpaired) electrons. The van der Waals surface area contributed by atoms with Gasteiger partial charge >= 0.3 is 12.1 Å². The molecule has 0 fully saturated rings. The summed E-state index contributed by atoms with van der Waals surface area (Å²) in [5.41, 5.74) is -0.828. The lowest BCUT2D eigenvalue weighted by atomic mass is 10.3. The van der Waals surface area contributed by atoms with Gasteiger partial charge in [0.1, 0.15) is 4.88 Å². The first-order valence-corrected chi connectivity index (χ1v) is 6.16. The molecule has 0 saturated carbocycles. The van der Waals surface area contributed by atoms with E-state index in [1.165, 1.54) is 6.92 Å². The number of aromatic nitrogens is 1. The highest BCUT2D eigenvalue weighted by Gasteiger charge is 2.40. The van der Waals surface area contributed by atoms with E-state index < -0.39 is 28.6 Å². The molecule has 0 bridgehead atoms. The third-order valence-corrected chi connectivity index (χ3v) is 2.94. The maximum Gasteiger partial charge on any atom is 0.428 e. The van der Waals surface area contributed by atoms with E-state index in [2.05, 4.69) is 15.0 Å². The zero-order valence-corrected chi connectivity index (χ0v) is 10.9. The zero-order chi connectivity index (χ0) is 14.6. The number of ether oxygens (including phenoxy) is 1. The lowest BCUT2D eigenvalue weighted by molar-refractivity contribution is -0.135. The second kappa shape index (κ2) is 6.00. The third-order valence-electron chi connectivity index (χ3n) is 1.92. The van der Waals surface area contributed by atoms with Gasteiger partial charge in [0.2, 0.25) is 5.91 Å². The van der Waals surface area contributed by atoms with Gasteiger partial charge < -0.3 is 10.1 Å². The number of thiazole rings is 1. The van der Waals surface area contributed by atoms with Gasteiger partial charge in [-0.05, 0) is 6.92 Å². The van der Waals surface area contributed by atoms with Crippen molar-refractivity contribution in [3.8, 4) is 0 Å². The molecular weight excluding hydrogens is 285 g/mol. The summed E-state index contributed by atoms with van der Waals surface area (Å²) in [6, 6.07) is 0. The first-order chi connectivity index (χ1) is 8.79. The summed E-state index contributed by atoms with van der Waals surface area (Å²) in [5, 5.41) is 1.91. The van der Waals surface area contributed by atoms with Crippen LogP contribution in [0.1, 0.15) is 35.6 Å². The van der Waals surface area contributed by atoms with E-state index in [1.807, 2.05) is 0 Å². The molecule has 0 atom stereocenters. The maximum absolute atomic E-state index is 12.7. The number of carbonyl (C=O) groups excluding carboxylic acids is 2. The number of nitrogens with zero attached hydrogens (tertiary/aromatic N) is 1. The minimum Gasteiger partial charge on any atom is -0.461 e. The molecule has 19 heavy (non-hydrogen) atoms. The van der Waals surface area contributed by atoms with Gasteiger partial charge in [-0.1, -0.05) is 18.3 Å². The molecule has 5 nitrogen and oxygen atoms in total. The number of amides is 1. The van der Waals surface area contributed by atoms with Crippen molar-refractivity contribution in [2.45, 2.75) is 26.4 Å². The van der Waals surface area contributed by atoms with E-state index in [0.717, 1.165) is 0 Å². The maximum atomic E-state index is 12.7. The van der Waals surface area contributed by atoms with Crippen molar-refractivity contribution in [3.63, 3.8) is 0 Å². The summed E-state index contributed by atoms with van der Waals surface area (Å²) >= 11 is 0.195. The van der Waals surface area contributed by atoms with Gasteiger partial charge in [-0.2, -0.15) is 13.2 Å². The van der Waals surface area contributed by atoms with Crippen LogP contribution in [-0.2, 0) is 15.7 Å². The molecule has 0 saturated heterocycles. The molecule has 0 aliphatic heterocycles. The number of anilines is 1. The van der Waals surface area contributed by atoms with E-state index in [1.54, 1.807) is 6.92 Å². The topological polar surface area (TPSA) is 68.3 Å². The summed E-state index contributed by atoms with van der Waals surface area (Å²) in [4.78, 5) is 24.8. The summed E-state index contributed by atoms with van der Waals surface area (Å²) in [6.45, 7) is 2.95. The molecule has 0 unspecified atom stereocenters. The summed E-state index contributed by atoms with van der Waals surface area (Å²) in [6.07, 6.45) is -4.63. The monoisotopic (exact) mass is 296 g/mol. The molecule has 9 heteroatoms. The molecule has 1 amide bonds. The van der Waals surface area contributed by atoms with Crippen LogP contribution in [0.25, 0.3) is 0 Å². The standard InChI is InChI=1S/C10H11F3N2O3S/c1-3-5(16)14-9-15-6(8(17)18-4-2)7(19-9)10(11,12)13/h3-4H2,1-2H3,(H,14,15,16). The van der Waals surface area contributed by atoms with Crippen LogP contribution in [-0.4, -0.2) is 23.5 Å². The fourth-order valence-corrected chi connectivity index (χ4v) is 1.95. The molecular formula is C10H11F3N2O3S. The second-order valence-corrected chi connectivity index (χ2v) is 4.32. The Morgan fingerprint density at radius 3 is 2.47 bits per heavy atom. The van der Waals surface area contributed by atoms with E-state index in [9.17, 15) is 22.8 Å². The van der Waals surface area contributed by atoms with E-state index >= 15 is 0 Å². The van der Waals surface area contributed by atoms with Crippen LogP contribution >= 0.6 is 11.3 Å². The average Bonchev–Trinajstić information content (AvgIpc) is 2.73. The first-order valence-electron chi connectivity index (χ1n) is 5.34. The summed E-state index contributed by atoms with van der Waals surface area (Å²) in [5.74, 6) is -1.65. The lowest BCUT2D eigenvalue weighted by Crippen LogP contribution is -2.13.